The normalized spacial score (nSPS) is 17.6. The van der Waals surface area contributed by atoms with Crippen LogP contribution in [0.25, 0.3) is 0 Å². The molecule has 0 saturated carbocycles. The van der Waals surface area contributed by atoms with Crippen molar-refractivity contribution < 1.29 is 23.5 Å². The Morgan fingerprint density at radius 1 is 1.33 bits per heavy atom. The zero-order chi connectivity index (χ0) is 17.3. The minimum atomic E-state index is -1.79. The lowest BCUT2D eigenvalue weighted by molar-refractivity contribution is -0.133. The first-order valence-corrected chi connectivity index (χ1v) is 7.13. The number of aliphatic hydroxyl groups is 1. The van der Waals surface area contributed by atoms with Gasteiger partial charge in [-0.15, -0.1) is 0 Å². The second-order valence-corrected chi connectivity index (χ2v) is 5.37. The molecule has 6 nitrogen and oxygen atoms in total. The van der Waals surface area contributed by atoms with Crippen molar-refractivity contribution in [3.63, 3.8) is 0 Å². The van der Waals surface area contributed by atoms with Crippen LogP contribution in [0, 0.1) is 11.6 Å². The van der Waals surface area contributed by atoms with Gasteiger partial charge < -0.3 is 15.7 Å². The Morgan fingerprint density at radius 2 is 2.04 bits per heavy atom. The second kappa shape index (κ2) is 6.32. The van der Waals surface area contributed by atoms with Crippen LogP contribution in [0.15, 0.2) is 36.5 Å². The Bertz CT molecular complexity index is 793. The first kappa shape index (κ1) is 16.0. The third-order valence-electron chi connectivity index (χ3n) is 3.64. The number of aromatic nitrogens is 1. The molecule has 2 atom stereocenters. The van der Waals surface area contributed by atoms with E-state index in [4.69, 9.17) is 0 Å². The third kappa shape index (κ3) is 3.23. The number of nitrogens with one attached hydrogen (secondary N) is 2. The first-order chi connectivity index (χ1) is 11.4. The number of carbonyl (C=O) groups excluding carboxylic acids is 2. The standard InChI is InChI=1S/C16H13F2N3O3/c17-10-4-9(5-11(18)7-10)13(22)16(24)20-12-6-8-2-1-3-19-14(8)21-15(12)23/h1-5,7,12-13,22H,6H2,(H,20,24)(H,19,21,23). The van der Waals surface area contributed by atoms with Crippen LogP contribution < -0.4 is 10.6 Å². The van der Waals surface area contributed by atoms with Crippen LogP contribution in [0.3, 0.4) is 0 Å². The SMILES string of the molecule is O=C1Nc2ncccc2CC1NC(=O)C(O)c1cc(F)cc(F)c1. The first-order valence-electron chi connectivity index (χ1n) is 7.13. The summed E-state index contributed by atoms with van der Waals surface area (Å²) in [5, 5.41) is 14.9. The lowest BCUT2D eigenvalue weighted by Crippen LogP contribution is -2.49. The van der Waals surface area contributed by atoms with E-state index in [2.05, 4.69) is 15.6 Å². The van der Waals surface area contributed by atoms with Gasteiger partial charge >= 0.3 is 0 Å². The van der Waals surface area contributed by atoms with Gasteiger partial charge in [0.05, 0.1) is 0 Å². The number of pyridine rings is 1. The van der Waals surface area contributed by atoms with Crippen molar-refractivity contribution >= 4 is 17.6 Å². The van der Waals surface area contributed by atoms with Gasteiger partial charge in [-0.2, -0.15) is 0 Å². The van der Waals surface area contributed by atoms with E-state index in [0.717, 1.165) is 17.7 Å². The summed E-state index contributed by atoms with van der Waals surface area (Å²) in [5.74, 6) is -2.81. The van der Waals surface area contributed by atoms with Crippen LogP contribution >= 0.6 is 0 Å². The van der Waals surface area contributed by atoms with Crippen molar-refractivity contribution in [3.05, 3.63) is 59.3 Å². The largest absolute Gasteiger partial charge is 0.378 e. The number of nitrogens with zero attached hydrogens (tertiary/aromatic N) is 1. The number of hydrogen-bond acceptors (Lipinski definition) is 4. The number of hydrogen-bond donors (Lipinski definition) is 3. The van der Waals surface area contributed by atoms with E-state index in [1.165, 1.54) is 6.20 Å². The van der Waals surface area contributed by atoms with Crippen LogP contribution in [0.1, 0.15) is 17.2 Å². The number of fused-ring (bicyclic) bond motifs is 1. The maximum Gasteiger partial charge on any atom is 0.254 e. The van der Waals surface area contributed by atoms with Crippen LogP contribution in [0.4, 0.5) is 14.6 Å². The van der Waals surface area contributed by atoms with E-state index in [1.807, 2.05) is 0 Å². The Hall–Kier alpha value is -2.87. The van der Waals surface area contributed by atoms with Crippen LogP contribution in [0.5, 0.6) is 0 Å². The van der Waals surface area contributed by atoms with E-state index in [0.29, 0.717) is 11.9 Å². The van der Waals surface area contributed by atoms with Crippen molar-refractivity contribution in [2.24, 2.45) is 0 Å². The Morgan fingerprint density at radius 3 is 2.75 bits per heavy atom. The molecule has 124 valence electrons. The fourth-order valence-corrected chi connectivity index (χ4v) is 2.48. The summed E-state index contributed by atoms with van der Waals surface area (Å²) in [4.78, 5) is 28.1. The molecule has 0 saturated heterocycles. The van der Waals surface area contributed by atoms with Crippen molar-refractivity contribution in [1.29, 1.82) is 0 Å². The molecule has 1 aliphatic rings. The molecule has 3 rings (SSSR count). The van der Waals surface area contributed by atoms with Gasteiger partial charge in [0, 0.05) is 18.7 Å². The lowest BCUT2D eigenvalue weighted by Gasteiger charge is -2.25. The molecule has 2 unspecified atom stereocenters. The fraction of sp³-hybridized carbons (Fsp3) is 0.188. The molecule has 1 aromatic carbocycles. The molecule has 1 aliphatic heterocycles. The molecular formula is C16H13F2N3O3. The highest BCUT2D eigenvalue weighted by Crippen LogP contribution is 2.21. The molecule has 24 heavy (non-hydrogen) atoms. The van der Waals surface area contributed by atoms with Gasteiger partial charge in [-0.05, 0) is 29.3 Å². The van der Waals surface area contributed by atoms with Gasteiger partial charge in [-0.3, -0.25) is 9.59 Å². The van der Waals surface area contributed by atoms with Crippen LogP contribution in [0.2, 0.25) is 0 Å². The van der Waals surface area contributed by atoms with E-state index < -0.39 is 35.6 Å². The number of halogens is 2. The lowest BCUT2D eigenvalue weighted by atomic mass is 10.0. The molecule has 0 bridgehead atoms. The predicted molar refractivity (Wildman–Crippen MR) is 79.8 cm³/mol. The quantitative estimate of drug-likeness (QED) is 0.784. The molecule has 0 spiro atoms. The molecule has 8 heteroatoms. The highest BCUT2D eigenvalue weighted by atomic mass is 19.1. The summed E-state index contributed by atoms with van der Waals surface area (Å²) in [6, 6.07) is 4.87. The number of benzene rings is 1. The molecule has 2 amide bonds. The summed E-state index contributed by atoms with van der Waals surface area (Å²) < 4.78 is 26.4. The maximum atomic E-state index is 13.2. The summed E-state index contributed by atoms with van der Waals surface area (Å²) in [6.07, 6.45) is -0.0658. The predicted octanol–water partition coefficient (Wildman–Crippen LogP) is 1.07. The second-order valence-electron chi connectivity index (χ2n) is 5.37. The van der Waals surface area contributed by atoms with Gasteiger partial charge in [0.1, 0.15) is 23.5 Å². The van der Waals surface area contributed by atoms with Gasteiger partial charge in [0.15, 0.2) is 6.10 Å². The summed E-state index contributed by atoms with van der Waals surface area (Å²) in [5.41, 5.74) is 0.497. The van der Waals surface area contributed by atoms with E-state index in [9.17, 15) is 23.5 Å². The summed E-state index contributed by atoms with van der Waals surface area (Å²) in [7, 11) is 0. The average molecular weight is 333 g/mol. The smallest absolute Gasteiger partial charge is 0.254 e. The zero-order valence-corrected chi connectivity index (χ0v) is 12.3. The number of aliphatic hydroxyl groups excluding tert-OH is 1. The fourth-order valence-electron chi connectivity index (χ4n) is 2.48. The minimum Gasteiger partial charge on any atom is -0.378 e. The van der Waals surface area contributed by atoms with E-state index >= 15 is 0 Å². The number of anilines is 1. The third-order valence-corrected chi connectivity index (χ3v) is 3.64. The van der Waals surface area contributed by atoms with Gasteiger partial charge in [-0.25, -0.2) is 13.8 Å². The Labute approximate surface area is 135 Å². The van der Waals surface area contributed by atoms with Crippen LogP contribution in [-0.4, -0.2) is 27.9 Å². The van der Waals surface area contributed by atoms with Crippen molar-refractivity contribution in [2.75, 3.05) is 5.32 Å². The molecule has 0 fully saturated rings. The topological polar surface area (TPSA) is 91.3 Å². The Kier molecular flexibility index (Phi) is 4.22. The van der Waals surface area contributed by atoms with E-state index in [-0.39, 0.29) is 12.0 Å². The number of rotatable bonds is 3. The monoisotopic (exact) mass is 333 g/mol. The number of carbonyl (C=O) groups is 2. The molecule has 2 heterocycles. The van der Waals surface area contributed by atoms with Crippen molar-refractivity contribution in [3.8, 4) is 0 Å². The average Bonchev–Trinajstić information content (AvgIpc) is 2.53. The highest BCUT2D eigenvalue weighted by molar-refractivity contribution is 5.99. The van der Waals surface area contributed by atoms with Gasteiger partial charge in [-0.1, -0.05) is 6.07 Å². The van der Waals surface area contributed by atoms with Crippen molar-refractivity contribution in [1.82, 2.24) is 10.3 Å². The maximum absolute atomic E-state index is 13.2. The molecule has 2 aromatic rings. The van der Waals surface area contributed by atoms with Gasteiger partial charge in [0.2, 0.25) is 5.91 Å². The molecule has 3 N–H and O–H groups in total. The summed E-state index contributed by atoms with van der Waals surface area (Å²) in [6.45, 7) is 0. The Balaban J connectivity index is 1.74. The molecule has 1 aromatic heterocycles. The molecular weight excluding hydrogens is 320 g/mol. The van der Waals surface area contributed by atoms with E-state index in [1.54, 1.807) is 12.1 Å². The highest BCUT2D eigenvalue weighted by Gasteiger charge is 2.30. The molecule has 0 aliphatic carbocycles. The number of amides is 2. The zero-order valence-electron chi connectivity index (χ0n) is 12.3. The van der Waals surface area contributed by atoms with Gasteiger partial charge in [0.25, 0.3) is 5.91 Å². The van der Waals surface area contributed by atoms with Crippen molar-refractivity contribution in [2.45, 2.75) is 18.6 Å². The summed E-state index contributed by atoms with van der Waals surface area (Å²) >= 11 is 0. The molecule has 0 radical (unpaired) electrons. The minimum absolute atomic E-state index is 0.199. The van der Waals surface area contributed by atoms with Crippen LogP contribution in [-0.2, 0) is 16.0 Å².